The summed E-state index contributed by atoms with van der Waals surface area (Å²) in [6.07, 6.45) is 11.3. The van der Waals surface area contributed by atoms with E-state index in [1.807, 2.05) is 15.3 Å². The fourth-order valence-electron chi connectivity index (χ4n) is 5.05. The first-order valence-corrected chi connectivity index (χ1v) is 11.0. The number of nitrogens with two attached hydrogens (primary N) is 2. The number of nitrogens with one attached hydrogen (secondary N) is 1. The predicted octanol–water partition coefficient (Wildman–Crippen LogP) is 2.18. The van der Waals surface area contributed by atoms with E-state index in [1.165, 1.54) is 0 Å². The number of hydrogen-bond acceptors (Lipinski definition) is 7. The molecule has 0 unspecified atom stereocenters. The molecule has 0 amide bonds. The van der Waals surface area contributed by atoms with Crippen molar-refractivity contribution in [2.75, 3.05) is 24.2 Å². The number of fused-ring (bicyclic) bond motifs is 1. The third-order valence-corrected chi connectivity index (χ3v) is 6.74. The molecule has 0 radical (unpaired) electrons. The number of oxime groups is 1. The molecule has 174 valence electrons. The summed E-state index contributed by atoms with van der Waals surface area (Å²) in [5.74, 6) is -0.823. The van der Waals surface area contributed by atoms with Gasteiger partial charge in [0.15, 0.2) is 17.4 Å². The average Bonchev–Trinajstić information content (AvgIpc) is 3.51. The van der Waals surface area contributed by atoms with Gasteiger partial charge in [0.05, 0.1) is 34.0 Å². The fraction of sp³-hybridized carbons (Fsp3) is 0.409. The van der Waals surface area contributed by atoms with Crippen molar-refractivity contribution in [1.29, 1.82) is 0 Å². The van der Waals surface area contributed by atoms with Gasteiger partial charge in [-0.15, -0.1) is 0 Å². The zero-order valence-corrected chi connectivity index (χ0v) is 18.1. The van der Waals surface area contributed by atoms with Crippen LogP contribution in [0, 0.1) is 5.82 Å². The van der Waals surface area contributed by atoms with Crippen LogP contribution in [0.1, 0.15) is 37.7 Å². The number of nitrogen functional groups attached to an aromatic ring is 1. The van der Waals surface area contributed by atoms with Crippen LogP contribution in [0.5, 0.6) is 5.75 Å². The average molecular weight is 455 g/mol. The quantitative estimate of drug-likeness (QED) is 0.111. The molecule has 3 heterocycles. The van der Waals surface area contributed by atoms with Gasteiger partial charge >= 0.3 is 0 Å². The van der Waals surface area contributed by atoms with Crippen LogP contribution < -0.4 is 26.9 Å². The Morgan fingerprint density at radius 1 is 1.39 bits per heavy atom. The molecule has 2 aromatic heterocycles. The maximum atomic E-state index is 15.5. The third-order valence-electron chi connectivity index (χ3n) is 6.74. The number of imidazole rings is 1. The largest absolute Gasteiger partial charge is 0.487 e. The zero-order valence-electron chi connectivity index (χ0n) is 18.1. The minimum Gasteiger partial charge on any atom is -0.487 e. The van der Waals surface area contributed by atoms with Gasteiger partial charge in [0.1, 0.15) is 12.3 Å². The maximum absolute atomic E-state index is 15.5. The van der Waals surface area contributed by atoms with Gasteiger partial charge < -0.3 is 35.9 Å². The van der Waals surface area contributed by atoms with Crippen molar-refractivity contribution in [2.45, 2.75) is 44.2 Å². The molecule has 1 spiro atoms. The second-order valence-corrected chi connectivity index (χ2v) is 8.68. The summed E-state index contributed by atoms with van der Waals surface area (Å²) in [5.41, 5.74) is 11.3. The molecule has 0 bridgehead atoms. The van der Waals surface area contributed by atoms with Crippen LogP contribution in [0.2, 0.25) is 0 Å². The standard InChI is InChI=1S/C22H26FN7O3/c23-15-16(24)14-18-20(17(15)27-6-3-8-29-9-7-26-12-29)33-11-22(4-1-2-5-22)30(18)10-13(19(14)31)21(25)28-32/h7,9-10,12,27,32H,1-6,8,11,24H2,(H2,25,28). The van der Waals surface area contributed by atoms with Crippen molar-refractivity contribution < 1.29 is 14.3 Å². The molecule has 0 atom stereocenters. The van der Waals surface area contributed by atoms with Crippen LogP contribution in [-0.2, 0) is 12.1 Å². The van der Waals surface area contributed by atoms with Crippen molar-refractivity contribution in [3.63, 3.8) is 0 Å². The van der Waals surface area contributed by atoms with Gasteiger partial charge in [0, 0.05) is 31.7 Å². The molecule has 33 heavy (non-hydrogen) atoms. The zero-order chi connectivity index (χ0) is 23.2. The lowest BCUT2D eigenvalue weighted by Crippen LogP contribution is -2.42. The number of hydrogen-bond donors (Lipinski definition) is 4. The molecule has 1 aliphatic carbocycles. The Morgan fingerprint density at radius 2 is 2.18 bits per heavy atom. The first-order chi connectivity index (χ1) is 16.0. The number of pyridine rings is 1. The Balaban J connectivity index is 1.65. The Bertz CT molecular complexity index is 1290. The number of nitrogens with zero attached hydrogens (tertiary/aromatic N) is 4. The molecule has 0 saturated heterocycles. The number of rotatable bonds is 6. The summed E-state index contributed by atoms with van der Waals surface area (Å²) in [5, 5.41) is 15.3. The molecule has 6 N–H and O–H groups in total. The lowest BCUT2D eigenvalue weighted by atomic mass is 9.93. The SMILES string of the molecule is N/C(=N\O)c1cn2c3c(c(NCCCn4ccnc4)c(F)c(N)c3c1=O)OCC21CCCC1. The van der Waals surface area contributed by atoms with E-state index in [4.69, 9.17) is 16.2 Å². The normalized spacial score (nSPS) is 16.9. The van der Waals surface area contributed by atoms with Gasteiger partial charge in [0.25, 0.3) is 0 Å². The Kier molecular flexibility index (Phi) is 5.10. The highest BCUT2D eigenvalue weighted by molar-refractivity contribution is 6.05. The molecular weight excluding hydrogens is 429 g/mol. The van der Waals surface area contributed by atoms with E-state index in [1.54, 1.807) is 18.7 Å². The number of anilines is 2. The molecule has 10 nitrogen and oxygen atoms in total. The van der Waals surface area contributed by atoms with Crippen LogP contribution in [0.4, 0.5) is 15.8 Å². The van der Waals surface area contributed by atoms with E-state index in [0.29, 0.717) is 31.6 Å². The molecule has 1 saturated carbocycles. The van der Waals surface area contributed by atoms with Crippen LogP contribution in [0.25, 0.3) is 10.9 Å². The summed E-state index contributed by atoms with van der Waals surface area (Å²) in [7, 11) is 0. The van der Waals surface area contributed by atoms with E-state index in [9.17, 15) is 10.0 Å². The predicted molar refractivity (Wildman–Crippen MR) is 122 cm³/mol. The lowest BCUT2D eigenvalue weighted by Gasteiger charge is -2.39. The van der Waals surface area contributed by atoms with Gasteiger partial charge in [-0.3, -0.25) is 4.79 Å². The summed E-state index contributed by atoms with van der Waals surface area (Å²) < 4.78 is 25.5. The van der Waals surface area contributed by atoms with Gasteiger partial charge in [-0.05, 0) is 19.3 Å². The minimum absolute atomic E-state index is 0.0125. The maximum Gasteiger partial charge on any atom is 0.202 e. The molecule has 3 aromatic rings. The number of aromatic nitrogens is 3. The van der Waals surface area contributed by atoms with Crippen molar-refractivity contribution in [3.05, 3.63) is 46.5 Å². The van der Waals surface area contributed by atoms with E-state index in [2.05, 4.69) is 15.5 Å². The molecule has 1 fully saturated rings. The Labute approximate surface area is 188 Å². The Morgan fingerprint density at radius 3 is 2.88 bits per heavy atom. The lowest BCUT2D eigenvalue weighted by molar-refractivity contribution is 0.143. The smallest absolute Gasteiger partial charge is 0.202 e. The van der Waals surface area contributed by atoms with Gasteiger partial charge in [-0.25, -0.2) is 9.37 Å². The number of aryl methyl sites for hydroxylation is 1. The summed E-state index contributed by atoms with van der Waals surface area (Å²) in [6, 6.07) is 0. The van der Waals surface area contributed by atoms with Gasteiger partial charge in [-0.1, -0.05) is 18.0 Å². The minimum atomic E-state index is -0.747. The molecule has 11 heteroatoms. The monoisotopic (exact) mass is 455 g/mol. The summed E-state index contributed by atoms with van der Waals surface area (Å²) in [6.45, 7) is 1.51. The highest BCUT2D eigenvalue weighted by Gasteiger charge is 2.42. The van der Waals surface area contributed by atoms with Crippen LogP contribution in [-0.4, -0.2) is 38.3 Å². The topological polar surface area (TPSA) is 146 Å². The molecule has 1 aliphatic heterocycles. The Hall–Kier alpha value is -3.76. The third kappa shape index (κ3) is 3.26. The summed E-state index contributed by atoms with van der Waals surface area (Å²) >= 11 is 0. The second-order valence-electron chi connectivity index (χ2n) is 8.68. The van der Waals surface area contributed by atoms with Gasteiger partial charge in [0.2, 0.25) is 5.43 Å². The first-order valence-electron chi connectivity index (χ1n) is 11.0. The second kappa shape index (κ2) is 7.98. The molecular formula is C22H26FN7O3. The number of halogens is 1. The summed E-state index contributed by atoms with van der Waals surface area (Å²) in [4.78, 5) is 17.2. The highest BCUT2D eigenvalue weighted by atomic mass is 19.1. The van der Waals surface area contributed by atoms with Gasteiger partial charge in [-0.2, -0.15) is 0 Å². The van der Waals surface area contributed by atoms with Crippen molar-refractivity contribution >= 4 is 28.1 Å². The van der Waals surface area contributed by atoms with Crippen molar-refractivity contribution in [3.8, 4) is 5.75 Å². The van der Waals surface area contributed by atoms with Crippen LogP contribution >= 0.6 is 0 Å². The van der Waals surface area contributed by atoms with Crippen LogP contribution in [0.15, 0.2) is 34.9 Å². The molecule has 1 aromatic carbocycles. The molecule has 5 rings (SSSR count). The number of benzene rings is 1. The van der Waals surface area contributed by atoms with E-state index < -0.39 is 16.8 Å². The van der Waals surface area contributed by atoms with Crippen LogP contribution in [0.3, 0.4) is 0 Å². The fourth-order valence-corrected chi connectivity index (χ4v) is 5.05. The number of amidine groups is 1. The van der Waals surface area contributed by atoms with E-state index in [0.717, 1.165) is 25.7 Å². The van der Waals surface area contributed by atoms with Crippen molar-refractivity contribution in [2.24, 2.45) is 10.9 Å². The first kappa shape index (κ1) is 21.1. The number of ether oxygens (including phenoxy) is 1. The van der Waals surface area contributed by atoms with Crippen molar-refractivity contribution in [1.82, 2.24) is 14.1 Å². The van der Waals surface area contributed by atoms with E-state index >= 15 is 4.39 Å². The highest BCUT2D eigenvalue weighted by Crippen LogP contribution is 2.48. The molecule has 2 aliphatic rings. The van der Waals surface area contributed by atoms with E-state index in [-0.39, 0.29) is 33.9 Å².